The minimum atomic E-state index is -0.482. The molecule has 1 aromatic rings. The van der Waals surface area contributed by atoms with Gasteiger partial charge < -0.3 is 5.32 Å². The summed E-state index contributed by atoms with van der Waals surface area (Å²) in [4.78, 5) is 15.4. The Kier molecular flexibility index (Phi) is 1.30. The van der Waals surface area contributed by atoms with Gasteiger partial charge in [-0.15, -0.1) is 10.2 Å². The van der Waals surface area contributed by atoms with Gasteiger partial charge in [-0.1, -0.05) is 12.1 Å². The lowest BCUT2D eigenvalue weighted by molar-refractivity contribution is -0.117. The number of rotatable bonds is 0. The van der Waals surface area contributed by atoms with Crippen LogP contribution in [0.5, 0.6) is 0 Å². The van der Waals surface area contributed by atoms with E-state index in [1.165, 1.54) is 0 Å². The summed E-state index contributed by atoms with van der Waals surface area (Å²) >= 11 is 0. The quantitative estimate of drug-likeness (QED) is 0.667. The van der Waals surface area contributed by atoms with Gasteiger partial charge in [0.25, 0.3) is 5.91 Å². The highest BCUT2D eigenvalue weighted by atomic mass is 16.2. The Hall–Kier alpha value is -2.04. The van der Waals surface area contributed by atoms with Crippen molar-refractivity contribution < 1.29 is 4.79 Å². The molecule has 2 aliphatic rings. The first kappa shape index (κ1) is 7.37. The second-order valence-corrected chi connectivity index (χ2v) is 3.10. The molecule has 0 fully saturated rings. The summed E-state index contributed by atoms with van der Waals surface area (Å²) < 4.78 is 0. The fraction of sp³-hybridized carbons (Fsp3) is 0.111. The van der Waals surface area contributed by atoms with Crippen LogP contribution in [0.25, 0.3) is 0 Å². The van der Waals surface area contributed by atoms with Crippen molar-refractivity contribution in [2.45, 2.75) is 6.04 Å². The van der Waals surface area contributed by atoms with Gasteiger partial charge in [0.15, 0.2) is 11.9 Å². The summed E-state index contributed by atoms with van der Waals surface area (Å²) in [6, 6.07) is 7.04. The van der Waals surface area contributed by atoms with Crippen molar-refractivity contribution in [3.8, 4) is 0 Å². The highest BCUT2D eigenvalue weighted by Crippen LogP contribution is 2.31. The SMILES string of the molecule is O=C1N=NC2=Nc3ccccc3N[C@@H]12. The zero-order chi connectivity index (χ0) is 9.54. The first-order valence-electron chi connectivity index (χ1n) is 4.24. The van der Waals surface area contributed by atoms with E-state index in [9.17, 15) is 4.79 Å². The Morgan fingerprint density at radius 2 is 2.07 bits per heavy atom. The van der Waals surface area contributed by atoms with Crippen molar-refractivity contribution >= 4 is 23.1 Å². The molecular formula is C9H6N4O. The summed E-state index contributed by atoms with van der Waals surface area (Å²) in [7, 11) is 0. The number of para-hydroxylation sites is 2. The number of anilines is 1. The minimum absolute atomic E-state index is 0.279. The van der Waals surface area contributed by atoms with Crippen molar-refractivity contribution in [2.75, 3.05) is 5.32 Å². The van der Waals surface area contributed by atoms with Crippen LogP contribution in [-0.4, -0.2) is 17.8 Å². The number of carbonyl (C=O) groups excluding carboxylic acids is 1. The van der Waals surface area contributed by atoms with Gasteiger partial charge in [0.2, 0.25) is 0 Å². The number of nitrogens with one attached hydrogen (secondary N) is 1. The van der Waals surface area contributed by atoms with Crippen LogP contribution in [0.2, 0.25) is 0 Å². The summed E-state index contributed by atoms with van der Waals surface area (Å²) in [6.07, 6.45) is 0. The topological polar surface area (TPSA) is 66.2 Å². The number of amidine groups is 1. The fourth-order valence-corrected chi connectivity index (χ4v) is 1.51. The highest BCUT2D eigenvalue weighted by Gasteiger charge is 2.33. The van der Waals surface area contributed by atoms with Crippen molar-refractivity contribution in [2.24, 2.45) is 15.2 Å². The van der Waals surface area contributed by atoms with E-state index in [1.54, 1.807) is 0 Å². The normalized spacial score (nSPS) is 22.4. The molecule has 0 aromatic heterocycles. The molecular weight excluding hydrogens is 180 g/mol. The van der Waals surface area contributed by atoms with E-state index in [1.807, 2.05) is 24.3 Å². The predicted octanol–water partition coefficient (Wildman–Crippen LogP) is 1.50. The van der Waals surface area contributed by atoms with Gasteiger partial charge >= 0.3 is 0 Å². The Labute approximate surface area is 79.6 Å². The molecule has 0 aliphatic carbocycles. The zero-order valence-electron chi connectivity index (χ0n) is 7.14. The standard InChI is InChI=1S/C9H6N4O/c14-9-7-8(12-13-9)11-6-4-2-1-3-5(6)10-7/h1-4,7,10H/t7-/m1/s1. The summed E-state index contributed by atoms with van der Waals surface area (Å²) in [5.74, 6) is 0.173. The second-order valence-electron chi connectivity index (χ2n) is 3.10. The van der Waals surface area contributed by atoms with Crippen LogP contribution >= 0.6 is 0 Å². The maximum Gasteiger partial charge on any atom is 0.294 e. The molecule has 0 unspecified atom stereocenters. The lowest BCUT2D eigenvalue weighted by Crippen LogP contribution is -2.33. The number of fused-ring (bicyclic) bond motifs is 2. The van der Waals surface area contributed by atoms with E-state index in [4.69, 9.17) is 0 Å². The van der Waals surface area contributed by atoms with Gasteiger partial charge in [-0.25, -0.2) is 4.99 Å². The average molecular weight is 186 g/mol. The predicted molar refractivity (Wildman–Crippen MR) is 50.8 cm³/mol. The molecule has 14 heavy (non-hydrogen) atoms. The zero-order valence-corrected chi connectivity index (χ0v) is 7.14. The maximum atomic E-state index is 11.2. The van der Waals surface area contributed by atoms with E-state index in [-0.39, 0.29) is 5.91 Å². The first-order valence-corrected chi connectivity index (χ1v) is 4.24. The Bertz CT molecular complexity index is 477. The van der Waals surface area contributed by atoms with E-state index >= 15 is 0 Å². The van der Waals surface area contributed by atoms with Crippen molar-refractivity contribution in [3.05, 3.63) is 24.3 Å². The number of amides is 1. The fourth-order valence-electron chi connectivity index (χ4n) is 1.51. The molecule has 1 N–H and O–H groups in total. The lowest BCUT2D eigenvalue weighted by atomic mass is 10.1. The van der Waals surface area contributed by atoms with Gasteiger partial charge in [-0.2, -0.15) is 0 Å². The van der Waals surface area contributed by atoms with E-state index < -0.39 is 6.04 Å². The highest BCUT2D eigenvalue weighted by molar-refractivity contribution is 6.16. The summed E-state index contributed by atoms with van der Waals surface area (Å²) in [5, 5.41) is 10.2. The Morgan fingerprint density at radius 3 is 3.00 bits per heavy atom. The first-order chi connectivity index (χ1) is 6.84. The van der Waals surface area contributed by atoms with Crippen molar-refractivity contribution in [1.82, 2.24) is 0 Å². The van der Waals surface area contributed by atoms with Crippen molar-refractivity contribution in [1.29, 1.82) is 0 Å². The molecule has 1 amide bonds. The van der Waals surface area contributed by atoms with Crippen LogP contribution < -0.4 is 5.32 Å². The number of hydrogen-bond donors (Lipinski definition) is 1. The molecule has 3 rings (SSSR count). The molecule has 0 saturated heterocycles. The number of benzene rings is 1. The molecule has 2 heterocycles. The molecule has 1 atom stereocenters. The monoisotopic (exact) mass is 186 g/mol. The number of hydrogen-bond acceptors (Lipinski definition) is 4. The van der Waals surface area contributed by atoms with Crippen LogP contribution in [0.3, 0.4) is 0 Å². The molecule has 0 saturated carbocycles. The summed E-state index contributed by atoms with van der Waals surface area (Å²) in [6.45, 7) is 0. The number of nitrogens with zero attached hydrogens (tertiary/aromatic N) is 3. The third-order valence-electron chi connectivity index (χ3n) is 2.20. The Morgan fingerprint density at radius 1 is 1.21 bits per heavy atom. The molecule has 0 radical (unpaired) electrons. The molecule has 5 nitrogen and oxygen atoms in total. The Balaban J connectivity index is 2.15. The minimum Gasteiger partial charge on any atom is -0.366 e. The maximum absolute atomic E-state index is 11.2. The average Bonchev–Trinajstić information content (AvgIpc) is 2.57. The molecule has 68 valence electrons. The number of azo groups is 1. The third-order valence-corrected chi connectivity index (χ3v) is 2.20. The van der Waals surface area contributed by atoms with E-state index in [2.05, 4.69) is 20.5 Å². The van der Waals surface area contributed by atoms with Crippen LogP contribution in [0.15, 0.2) is 39.5 Å². The van der Waals surface area contributed by atoms with Crippen LogP contribution in [-0.2, 0) is 4.79 Å². The molecule has 0 bridgehead atoms. The molecule has 1 aromatic carbocycles. The van der Waals surface area contributed by atoms with Crippen LogP contribution in [0.4, 0.5) is 11.4 Å². The van der Waals surface area contributed by atoms with Gasteiger partial charge in [0, 0.05) is 0 Å². The molecule has 2 aliphatic heterocycles. The lowest BCUT2D eigenvalue weighted by Gasteiger charge is -2.17. The van der Waals surface area contributed by atoms with E-state index in [0.29, 0.717) is 5.84 Å². The number of aliphatic imine (C=N–C) groups is 1. The third kappa shape index (κ3) is 0.891. The van der Waals surface area contributed by atoms with Gasteiger partial charge in [0.05, 0.1) is 11.4 Å². The largest absolute Gasteiger partial charge is 0.366 e. The summed E-state index contributed by atoms with van der Waals surface area (Å²) in [5.41, 5.74) is 1.65. The second kappa shape index (κ2) is 2.47. The van der Waals surface area contributed by atoms with Gasteiger partial charge in [0.1, 0.15) is 0 Å². The van der Waals surface area contributed by atoms with Crippen LogP contribution in [0, 0.1) is 0 Å². The smallest absolute Gasteiger partial charge is 0.294 e. The van der Waals surface area contributed by atoms with Crippen LogP contribution in [0.1, 0.15) is 0 Å². The molecule has 0 spiro atoms. The van der Waals surface area contributed by atoms with E-state index in [0.717, 1.165) is 11.4 Å². The molecule has 5 heteroatoms. The van der Waals surface area contributed by atoms with Gasteiger partial charge in [-0.05, 0) is 12.1 Å². The van der Waals surface area contributed by atoms with Crippen molar-refractivity contribution in [3.63, 3.8) is 0 Å². The van der Waals surface area contributed by atoms with Gasteiger partial charge in [-0.3, -0.25) is 4.79 Å². The number of carbonyl (C=O) groups is 1.